The molecule has 0 radical (unpaired) electrons. The fourth-order valence-electron chi connectivity index (χ4n) is 3.66. The van der Waals surface area contributed by atoms with E-state index in [1.54, 1.807) is 12.1 Å². The first-order chi connectivity index (χ1) is 13.9. The molecule has 0 spiro atoms. The third kappa shape index (κ3) is 3.81. The number of aliphatic imine (C=N–C) groups is 1. The van der Waals surface area contributed by atoms with Crippen molar-refractivity contribution in [3.8, 4) is 0 Å². The van der Waals surface area contributed by atoms with Gasteiger partial charge >= 0.3 is 6.03 Å². The van der Waals surface area contributed by atoms with Crippen LogP contribution in [0.25, 0.3) is 0 Å². The molecule has 0 aromatic heterocycles. The van der Waals surface area contributed by atoms with Crippen molar-refractivity contribution in [2.45, 2.75) is 38.8 Å². The number of hydrogen-bond acceptors (Lipinski definition) is 3. The third-order valence-corrected chi connectivity index (χ3v) is 5.53. The molecule has 1 heterocycles. The van der Waals surface area contributed by atoms with Crippen LogP contribution in [0.15, 0.2) is 53.5 Å². The molecule has 3 amide bonds. The van der Waals surface area contributed by atoms with Gasteiger partial charge in [0.15, 0.2) is 5.96 Å². The van der Waals surface area contributed by atoms with Crippen LogP contribution in [0.2, 0.25) is 0 Å². The zero-order valence-electron chi connectivity index (χ0n) is 16.6. The van der Waals surface area contributed by atoms with E-state index in [1.807, 2.05) is 50.2 Å². The topological polar surface area (TPSA) is 99.8 Å². The Hall–Kier alpha value is -3.35. The second-order valence-electron chi connectivity index (χ2n) is 7.91. The highest BCUT2D eigenvalue weighted by Gasteiger charge is 2.56. The summed E-state index contributed by atoms with van der Waals surface area (Å²) in [6.45, 7) is 4.22. The summed E-state index contributed by atoms with van der Waals surface area (Å²) in [5.41, 5.74) is 8.70. The van der Waals surface area contributed by atoms with E-state index in [0.717, 1.165) is 29.7 Å². The highest BCUT2D eigenvalue weighted by Crippen LogP contribution is 2.43. The Labute approximate surface area is 170 Å². The van der Waals surface area contributed by atoms with Gasteiger partial charge in [-0.2, -0.15) is 0 Å². The van der Waals surface area contributed by atoms with Crippen molar-refractivity contribution in [3.63, 3.8) is 0 Å². The fraction of sp³-hybridized carbons (Fsp3) is 0.318. The van der Waals surface area contributed by atoms with Gasteiger partial charge in [-0.05, 0) is 68.0 Å². The van der Waals surface area contributed by atoms with Gasteiger partial charge < -0.3 is 16.4 Å². The van der Waals surface area contributed by atoms with E-state index in [4.69, 9.17) is 5.73 Å². The molecule has 1 unspecified atom stereocenters. The molecule has 7 heteroatoms. The first kappa shape index (κ1) is 19.0. The number of amides is 3. The van der Waals surface area contributed by atoms with Crippen molar-refractivity contribution in [1.29, 1.82) is 0 Å². The Morgan fingerprint density at radius 2 is 1.97 bits per heavy atom. The summed E-state index contributed by atoms with van der Waals surface area (Å²) < 4.78 is 0. The van der Waals surface area contributed by atoms with E-state index >= 15 is 0 Å². The highest BCUT2D eigenvalue weighted by atomic mass is 16.2. The summed E-state index contributed by atoms with van der Waals surface area (Å²) in [4.78, 5) is 30.8. The average Bonchev–Trinajstić information content (AvgIpc) is 3.50. The Bertz CT molecular complexity index is 981. The Kier molecular flexibility index (Phi) is 4.74. The molecule has 2 aromatic rings. The minimum Gasteiger partial charge on any atom is -0.370 e. The largest absolute Gasteiger partial charge is 0.370 e. The van der Waals surface area contributed by atoms with Gasteiger partial charge in [0, 0.05) is 5.69 Å². The molecular formula is C22H25N5O2. The zero-order chi connectivity index (χ0) is 20.6. The van der Waals surface area contributed by atoms with Gasteiger partial charge in [0.05, 0.1) is 12.2 Å². The van der Waals surface area contributed by atoms with Crippen LogP contribution in [0, 0.1) is 12.8 Å². The number of carbonyl (C=O) groups is 2. The van der Waals surface area contributed by atoms with Crippen molar-refractivity contribution in [1.82, 2.24) is 5.32 Å². The number of carbonyl (C=O) groups excluding carboxylic acids is 2. The van der Waals surface area contributed by atoms with Crippen LogP contribution < -0.4 is 21.3 Å². The molecule has 2 aromatic carbocycles. The SMILES string of the molecule is Cc1cccc(NC(N)=NCc2ccc(N3C(=O)NC(C)(C4CC4)C3=O)cc2)c1. The van der Waals surface area contributed by atoms with E-state index in [9.17, 15) is 9.59 Å². The van der Waals surface area contributed by atoms with Gasteiger partial charge in [-0.25, -0.2) is 14.7 Å². The lowest BCUT2D eigenvalue weighted by Crippen LogP contribution is -2.46. The van der Waals surface area contributed by atoms with Crippen molar-refractivity contribution in [3.05, 3.63) is 59.7 Å². The van der Waals surface area contributed by atoms with Gasteiger partial charge in [0.2, 0.25) is 0 Å². The first-order valence-corrected chi connectivity index (χ1v) is 9.76. The summed E-state index contributed by atoms with van der Waals surface area (Å²) in [6.07, 6.45) is 1.95. The minimum atomic E-state index is -0.782. The highest BCUT2D eigenvalue weighted by molar-refractivity contribution is 6.23. The number of guanidine groups is 1. The van der Waals surface area contributed by atoms with Crippen LogP contribution in [-0.2, 0) is 11.3 Å². The van der Waals surface area contributed by atoms with Crippen molar-refractivity contribution in [2.75, 3.05) is 10.2 Å². The summed E-state index contributed by atoms with van der Waals surface area (Å²) in [5.74, 6) is 0.387. The third-order valence-electron chi connectivity index (χ3n) is 5.53. The normalized spacial score (nSPS) is 22.0. The number of hydrogen-bond donors (Lipinski definition) is 3. The Morgan fingerprint density at radius 3 is 2.62 bits per heavy atom. The molecule has 1 aliphatic carbocycles. The summed E-state index contributed by atoms with van der Waals surface area (Å²) >= 11 is 0. The lowest BCUT2D eigenvalue weighted by Gasteiger charge is -2.21. The average molecular weight is 391 g/mol. The molecule has 4 rings (SSSR count). The van der Waals surface area contributed by atoms with Crippen molar-refractivity contribution < 1.29 is 9.59 Å². The van der Waals surface area contributed by atoms with Crippen LogP contribution in [0.4, 0.5) is 16.2 Å². The number of nitrogens with one attached hydrogen (secondary N) is 2. The smallest absolute Gasteiger partial charge is 0.329 e. The maximum atomic E-state index is 12.8. The van der Waals surface area contributed by atoms with E-state index < -0.39 is 5.54 Å². The monoisotopic (exact) mass is 391 g/mol. The molecular weight excluding hydrogens is 366 g/mol. The lowest BCUT2D eigenvalue weighted by atomic mass is 9.96. The number of rotatable bonds is 5. The Balaban J connectivity index is 1.41. The van der Waals surface area contributed by atoms with E-state index in [2.05, 4.69) is 15.6 Å². The van der Waals surface area contributed by atoms with Gasteiger partial charge in [-0.15, -0.1) is 0 Å². The summed E-state index contributed by atoms with van der Waals surface area (Å²) in [7, 11) is 0. The molecule has 29 heavy (non-hydrogen) atoms. The van der Waals surface area contributed by atoms with Crippen molar-refractivity contribution >= 4 is 29.3 Å². The summed E-state index contributed by atoms with van der Waals surface area (Å²) in [5, 5.41) is 5.93. The second-order valence-corrected chi connectivity index (χ2v) is 7.91. The van der Waals surface area contributed by atoms with Crippen LogP contribution in [0.5, 0.6) is 0 Å². The molecule has 1 saturated heterocycles. The first-order valence-electron chi connectivity index (χ1n) is 9.76. The van der Waals surface area contributed by atoms with Crippen LogP contribution in [0.1, 0.15) is 30.9 Å². The number of benzene rings is 2. The van der Waals surface area contributed by atoms with Gasteiger partial charge in [0.25, 0.3) is 5.91 Å². The number of nitrogens with zero attached hydrogens (tertiary/aromatic N) is 2. The molecule has 0 bridgehead atoms. The fourth-order valence-corrected chi connectivity index (χ4v) is 3.66. The molecule has 7 nitrogen and oxygen atoms in total. The predicted octanol–water partition coefficient (Wildman–Crippen LogP) is 3.15. The number of nitrogens with two attached hydrogens (primary N) is 1. The van der Waals surface area contributed by atoms with Gasteiger partial charge in [0.1, 0.15) is 5.54 Å². The minimum absolute atomic E-state index is 0.178. The lowest BCUT2D eigenvalue weighted by molar-refractivity contribution is -0.122. The molecule has 1 saturated carbocycles. The number of urea groups is 1. The van der Waals surface area contributed by atoms with E-state index in [0.29, 0.717) is 18.2 Å². The molecule has 1 atom stereocenters. The number of anilines is 2. The molecule has 2 aliphatic rings. The van der Waals surface area contributed by atoms with E-state index in [-0.39, 0.29) is 17.9 Å². The Morgan fingerprint density at radius 1 is 1.24 bits per heavy atom. The van der Waals surface area contributed by atoms with Gasteiger partial charge in [-0.1, -0.05) is 24.3 Å². The van der Waals surface area contributed by atoms with Crippen LogP contribution in [-0.4, -0.2) is 23.4 Å². The van der Waals surface area contributed by atoms with Crippen molar-refractivity contribution in [2.24, 2.45) is 16.6 Å². The van der Waals surface area contributed by atoms with Gasteiger partial charge in [-0.3, -0.25) is 4.79 Å². The molecule has 2 fully saturated rings. The maximum Gasteiger partial charge on any atom is 0.329 e. The molecule has 1 aliphatic heterocycles. The molecule has 150 valence electrons. The van der Waals surface area contributed by atoms with E-state index in [1.165, 1.54) is 4.90 Å². The maximum absolute atomic E-state index is 12.8. The number of imide groups is 1. The van der Waals surface area contributed by atoms with Crippen LogP contribution in [0.3, 0.4) is 0 Å². The van der Waals surface area contributed by atoms with Crippen LogP contribution >= 0.6 is 0 Å². The quantitative estimate of drug-likeness (QED) is 0.414. The number of aryl methyl sites for hydroxylation is 1. The summed E-state index contributed by atoms with van der Waals surface area (Å²) in [6, 6.07) is 14.8. The zero-order valence-corrected chi connectivity index (χ0v) is 16.6. The standard InChI is InChI=1S/C22H25N5O2/c1-14-4-3-5-17(12-14)25-20(23)24-13-15-6-10-18(11-7-15)27-19(28)22(2,16-8-9-16)26-21(27)29/h3-7,10-12,16H,8-9,13H2,1-2H3,(H,26,29)(H3,23,24,25). The second kappa shape index (κ2) is 7.24. The molecule has 4 N–H and O–H groups in total. The predicted molar refractivity (Wildman–Crippen MR) is 114 cm³/mol.